The Kier molecular flexibility index (Phi) is 7.57. The van der Waals surface area contributed by atoms with E-state index >= 15 is 0 Å². The zero-order valence-corrected chi connectivity index (χ0v) is 20.8. The summed E-state index contributed by atoms with van der Waals surface area (Å²) < 4.78 is 12.1. The second-order valence-electron chi connectivity index (χ2n) is 7.94. The van der Waals surface area contributed by atoms with Gasteiger partial charge in [-0.25, -0.2) is 10.2 Å². The first-order valence-corrected chi connectivity index (χ1v) is 11.7. The number of aryl methyl sites for hydroxylation is 1. The predicted molar refractivity (Wildman–Crippen MR) is 140 cm³/mol. The lowest BCUT2D eigenvalue weighted by Crippen LogP contribution is -2.33. The maximum atomic E-state index is 12.5. The molecule has 0 aliphatic heterocycles. The van der Waals surface area contributed by atoms with Gasteiger partial charge < -0.3 is 9.47 Å². The lowest BCUT2D eigenvalue weighted by molar-refractivity contribution is -0.127. The van der Waals surface area contributed by atoms with Crippen molar-refractivity contribution in [3.8, 4) is 11.5 Å². The molecule has 0 bridgehead atoms. The fourth-order valence-electron chi connectivity index (χ4n) is 3.32. The van der Waals surface area contributed by atoms with Crippen molar-refractivity contribution in [2.45, 2.75) is 20.0 Å². The minimum absolute atomic E-state index is 0.317. The molecule has 0 heterocycles. The highest BCUT2D eigenvalue weighted by Gasteiger charge is 2.15. The Morgan fingerprint density at radius 1 is 0.943 bits per heavy atom. The number of carbonyl (C=O) groups is 2. The number of benzene rings is 4. The Balaban J connectivity index is 1.40. The van der Waals surface area contributed by atoms with Crippen LogP contribution in [0.1, 0.15) is 28.4 Å². The predicted octanol–water partition coefficient (Wildman–Crippen LogP) is 6.05. The van der Waals surface area contributed by atoms with E-state index in [1.165, 1.54) is 6.21 Å². The van der Waals surface area contributed by atoms with Gasteiger partial charge in [-0.3, -0.25) is 4.79 Å². The fraction of sp³-hybridized carbons (Fsp3) is 0.107. The third kappa shape index (κ3) is 6.33. The van der Waals surface area contributed by atoms with Gasteiger partial charge >= 0.3 is 5.97 Å². The third-order valence-electron chi connectivity index (χ3n) is 5.24. The minimum Gasteiger partial charge on any atom is -0.481 e. The number of amides is 1. The average Bonchev–Trinajstić information content (AvgIpc) is 2.85. The molecule has 0 aromatic heterocycles. The third-order valence-corrected chi connectivity index (χ3v) is 5.74. The molecule has 4 aromatic rings. The highest BCUT2D eigenvalue weighted by molar-refractivity contribution is 9.10. The largest absolute Gasteiger partial charge is 0.481 e. The van der Waals surface area contributed by atoms with Gasteiger partial charge in [-0.1, -0.05) is 64.0 Å². The molecule has 1 N–H and O–H groups in total. The lowest BCUT2D eigenvalue weighted by atomic mass is 10.1. The molecular formula is C28H23BrN2O4. The van der Waals surface area contributed by atoms with Crippen LogP contribution in [0, 0.1) is 6.92 Å². The van der Waals surface area contributed by atoms with E-state index in [9.17, 15) is 9.59 Å². The first-order valence-electron chi connectivity index (χ1n) is 11.0. The number of hydrogen-bond donors (Lipinski definition) is 1. The van der Waals surface area contributed by atoms with Crippen LogP contribution in [0.3, 0.4) is 0 Å². The average molecular weight is 531 g/mol. The summed E-state index contributed by atoms with van der Waals surface area (Å²) in [4.78, 5) is 25.0. The number of nitrogens with one attached hydrogen (secondary N) is 1. The van der Waals surface area contributed by atoms with E-state index in [1.54, 1.807) is 37.3 Å². The number of hydrogen-bond acceptors (Lipinski definition) is 5. The van der Waals surface area contributed by atoms with Crippen LogP contribution < -0.4 is 14.9 Å². The van der Waals surface area contributed by atoms with Crippen molar-refractivity contribution >= 4 is 44.8 Å². The van der Waals surface area contributed by atoms with Gasteiger partial charge in [-0.15, -0.1) is 0 Å². The van der Waals surface area contributed by atoms with Gasteiger partial charge in [0.2, 0.25) is 0 Å². The fourth-order valence-corrected chi connectivity index (χ4v) is 3.70. The monoisotopic (exact) mass is 530 g/mol. The van der Waals surface area contributed by atoms with Crippen LogP contribution in [0.25, 0.3) is 10.8 Å². The summed E-state index contributed by atoms with van der Waals surface area (Å²) in [5, 5.41) is 6.15. The number of hydrazone groups is 1. The van der Waals surface area contributed by atoms with E-state index in [1.807, 2.05) is 61.5 Å². The molecule has 0 spiro atoms. The molecule has 7 heteroatoms. The summed E-state index contributed by atoms with van der Waals surface area (Å²) in [5.41, 5.74) is 4.48. The number of halogens is 1. The Labute approximate surface area is 211 Å². The maximum absolute atomic E-state index is 12.5. The number of rotatable bonds is 7. The van der Waals surface area contributed by atoms with Gasteiger partial charge in [0.25, 0.3) is 5.91 Å². The van der Waals surface area contributed by atoms with E-state index in [2.05, 4.69) is 26.5 Å². The molecule has 6 nitrogen and oxygen atoms in total. The lowest BCUT2D eigenvalue weighted by Gasteiger charge is -2.13. The molecule has 0 aliphatic carbocycles. The van der Waals surface area contributed by atoms with Crippen LogP contribution >= 0.6 is 15.9 Å². The molecule has 0 saturated heterocycles. The van der Waals surface area contributed by atoms with Gasteiger partial charge in [0.1, 0.15) is 11.5 Å². The van der Waals surface area contributed by atoms with Crippen LogP contribution in [0.2, 0.25) is 0 Å². The highest BCUT2D eigenvalue weighted by atomic mass is 79.9. The molecule has 35 heavy (non-hydrogen) atoms. The van der Waals surface area contributed by atoms with E-state index in [-0.39, 0.29) is 0 Å². The van der Waals surface area contributed by atoms with Crippen molar-refractivity contribution in [3.63, 3.8) is 0 Å². The number of nitrogens with zero attached hydrogens (tertiary/aromatic N) is 1. The first kappa shape index (κ1) is 24.2. The molecule has 0 radical (unpaired) electrons. The van der Waals surface area contributed by atoms with Crippen LogP contribution in [0.15, 0.2) is 94.5 Å². The zero-order chi connectivity index (χ0) is 24.8. The molecule has 4 rings (SSSR count). The Morgan fingerprint density at radius 2 is 1.69 bits per heavy atom. The Morgan fingerprint density at radius 3 is 2.46 bits per heavy atom. The van der Waals surface area contributed by atoms with Gasteiger partial charge in [0.05, 0.1) is 11.8 Å². The smallest absolute Gasteiger partial charge is 0.343 e. The van der Waals surface area contributed by atoms with Crippen molar-refractivity contribution in [1.82, 2.24) is 5.43 Å². The van der Waals surface area contributed by atoms with Gasteiger partial charge in [0, 0.05) is 10.0 Å². The second kappa shape index (κ2) is 11.0. The number of carbonyl (C=O) groups excluding carboxylic acids is 2. The minimum atomic E-state index is -0.769. The van der Waals surface area contributed by atoms with Crippen molar-refractivity contribution < 1.29 is 19.1 Å². The molecule has 1 amide bonds. The molecule has 176 valence electrons. The van der Waals surface area contributed by atoms with E-state index in [4.69, 9.17) is 9.47 Å². The molecule has 4 aromatic carbocycles. The van der Waals surface area contributed by atoms with Gasteiger partial charge in [-0.05, 0) is 67.1 Å². The van der Waals surface area contributed by atoms with Gasteiger partial charge in [0.15, 0.2) is 6.10 Å². The molecule has 0 saturated carbocycles. The van der Waals surface area contributed by atoms with E-state index in [0.717, 1.165) is 20.8 Å². The quantitative estimate of drug-likeness (QED) is 0.136. The Hall–Kier alpha value is -3.97. The summed E-state index contributed by atoms with van der Waals surface area (Å²) >= 11 is 3.40. The summed E-state index contributed by atoms with van der Waals surface area (Å²) in [6.07, 6.45) is 0.651. The second-order valence-corrected chi connectivity index (χ2v) is 8.86. The topological polar surface area (TPSA) is 77.0 Å². The normalized spacial score (nSPS) is 11.9. The molecular weight excluding hydrogens is 508 g/mol. The molecule has 1 atom stereocenters. The summed E-state index contributed by atoms with van der Waals surface area (Å²) in [6, 6.07) is 25.8. The Bertz CT molecular complexity index is 1400. The number of fused-ring (bicyclic) bond motifs is 1. The van der Waals surface area contributed by atoms with Crippen molar-refractivity contribution in [3.05, 3.63) is 106 Å². The molecule has 0 aliphatic rings. The summed E-state index contributed by atoms with van der Waals surface area (Å²) in [7, 11) is 0. The summed E-state index contributed by atoms with van der Waals surface area (Å²) in [6.45, 7) is 3.59. The SMILES string of the molecule is Cc1ccc(C(=O)Oc2ccc(Br)cc2C=NNC(=O)C(C)Oc2ccc3ccccc3c2)cc1. The number of ether oxygens (including phenoxy) is 2. The van der Waals surface area contributed by atoms with Crippen molar-refractivity contribution in [1.29, 1.82) is 0 Å². The highest BCUT2D eigenvalue weighted by Crippen LogP contribution is 2.23. The molecule has 1 unspecified atom stereocenters. The molecule has 0 fully saturated rings. The first-order chi connectivity index (χ1) is 16.9. The van der Waals surface area contributed by atoms with E-state index in [0.29, 0.717) is 22.6 Å². The maximum Gasteiger partial charge on any atom is 0.343 e. The van der Waals surface area contributed by atoms with Crippen LogP contribution in [0.5, 0.6) is 11.5 Å². The van der Waals surface area contributed by atoms with Crippen LogP contribution in [-0.4, -0.2) is 24.2 Å². The zero-order valence-electron chi connectivity index (χ0n) is 19.2. The van der Waals surface area contributed by atoms with E-state index < -0.39 is 18.0 Å². The van der Waals surface area contributed by atoms with Gasteiger partial charge in [-0.2, -0.15) is 5.10 Å². The standard InChI is InChI=1S/C28H23BrN2O4/c1-18-7-9-21(10-8-18)28(33)35-26-14-12-24(29)15-23(26)17-30-31-27(32)19(2)34-25-13-11-20-5-3-4-6-22(20)16-25/h3-17,19H,1-2H3,(H,31,32). The number of esters is 1. The van der Waals surface area contributed by atoms with Crippen LogP contribution in [-0.2, 0) is 4.79 Å². The van der Waals surface area contributed by atoms with Crippen molar-refractivity contribution in [2.75, 3.05) is 0 Å². The van der Waals surface area contributed by atoms with Crippen LogP contribution in [0.4, 0.5) is 0 Å². The van der Waals surface area contributed by atoms with Crippen molar-refractivity contribution in [2.24, 2.45) is 5.10 Å². The summed E-state index contributed by atoms with van der Waals surface area (Å²) in [5.74, 6) is 0.0101.